The zero-order valence-corrected chi connectivity index (χ0v) is 14.0. The molecule has 0 saturated heterocycles. The maximum Gasteiger partial charge on any atom is 0.250 e. The monoisotopic (exact) mass is 297 g/mol. The largest absolute Gasteiger partial charge is 0.474 e. The van der Waals surface area contributed by atoms with Gasteiger partial charge < -0.3 is 15.0 Å². The molecule has 0 radical (unpaired) electrons. The average molecular weight is 297 g/mol. The number of ether oxygens (including phenoxy) is 1. The minimum atomic E-state index is -0.372. The van der Waals surface area contributed by atoms with Crippen LogP contribution in [0.25, 0.3) is 0 Å². The number of aromatic nitrogens is 1. The third kappa shape index (κ3) is 5.59. The van der Waals surface area contributed by atoms with E-state index in [0.717, 1.165) is 6.54 Å². The second kappa shape index (κ2) is 7.71. The Kier molecular flexibility index (Phi) is 6.55. The number of nitrogens with zero attached hydrogens (tertiary/aromatic N) is 2. The number of halogens is 1. The first-order valence-electron chi connectivity index (χ1n) is 7.38. The Morgan fingerprint density at radius 3 is 2.62 bits per heavy atom. The van der Waals surface area contributed by atoms with Crippen molar-refractivity contribution in [2.24, 2.45) is 5.92 Å². The van der Waals surface area contributed by atoms with E-state index in [1.54, 1.807) is 12.3 Å². The molecule has 0 unspecified atom stereocenters. The third-order valence-corrected chi connectivity index (χ3v) is 3.58. The highest BCUT2D eigenvalue weighted by atomic mass is 19.1. The van der Waals surface area contributed by atoms with Gasteiger partial charge in [0.05, 0.1) is 0 Å². The van der Waals surface area contributed by atoms with Gasteiger partial charge in [-0.2, -0.15) is 0 Å². The molecule has 1 N–H and O–H groups in total. The van der Waals surface area contributed by atoms with Crippen LogP contribution in [0.1, 0.15) is 33.3 Å². The smallest absolute Gasteiger partial charge is 0.250 e. The van der Waals surface area contributed by atoms with E-state index in [1.807, 2.05) is 32.8 Å². The van der Waals surface area contributed by atoms with Crippen molar-refractivity contribution in [3.8, 4) is 5.88 Å². The standard InChI is InChI=1S/C16H28FN3O/c1-12(2)9-18-10-13-7-8-19-15(14(13)17)21-11-16(3,4)20(5)6/h7-8,12,18H,9-11H2,1-6H3. The molecule has 21 heavy (non-hydrogen) atoms. The Morgan fingerprint density at radius 2 is 2.05 bits per heavy atom. The predicted octanol–water partition coefficient (Wildman–Crippen LogP) is 2.69. The Labute approximate surface area is 127 Å². The molecule has 1 aromatic rings. The molecule has 0 saturated carbocycles. The van der Waals surface area contributed by atoms with Gasteiger partial charge in [0.25, 0.3) is 5.88 Å². The van der Waals surface area contributed by atoms with Gasteiger partial charge in [-0.25, -0.2) is 9.37 Å². The van der Waals surface area contributed by atoms with Crippen molar-refractivity contribution in [3.05, 3.63) is 23.6 Å². The van der Waals surface area contributed by atoms with Crippen molar-refractivity contribution in [1.82, 2.24) is 15.2 Å². The summed E-state index contributed by atoms with van der Waals surface area (Å²) >= 11 is 0. The van der Waals surface area contributed by atoms with Crippen LogP contribution in [0.4, 0.5) is 4.39 Å². The SMILES string of the molecule is CC(C)CNCc1ccnc(OCC(C)(C)N(C)C)c1F. The first-order valence-corrected chi connectivity index (χ1v) is 7.38. The molecule has 1 heterocycles. The zero-order chi connectivity index (χ0) is 16.0. The van der Waals surface area contributed by atoms with Gasteiger partial charge >= 0.3 is 0 Å². The molecule has 1 rings (SSSR count). The second-order valence-corrected chi connectivity index (χ2v) is 6.61. The van der Waals surface area contributed by atoms with Crippen LogP contribution in [0.3, 0.4) is 0 Å². The van der Waals surface area contributed by atoms with Gasteiger partial charge in [-0.05, 0) is 46.5 Å². The number of hydrogen-bond acceptors (Lipinski definition) is 4. The normalized spacial score (nSPS) is 12.2. The Balaban J connectivity index is 2.68. The molecule has 0 aromatic carbocycles. The fraction of sp³-hybridized carbons (Fsp3) is 0.688. The summed E-state index contributed by atoms with van der Waals surface area (Å²) in [5.41, 5.74) is 0.406. The number of pyridine rings is 1. The summed E-state index contributed by atoms with van der Waals surface area (Å²) in [7, 11) is 3.94. The van der Waals surface area contributed by atoms with Crippen molar-refractivity contribution in [3.63, 3.8) is 0 Å². The summed E-state index contributed by atoms with van der Waals surface area (Å²) in [6.45, 7) is 10.0. The maximum atomic E-state index is 14.3. The molecule has 0 atom stereocenters. The maximum absolute atomic E-state index is 14.3. The van der Waals surface area contributed by atoms with Gasteiger partial charge in [0, 0.05) is 23.8 Å². The number of nitrogens with one attached hydrogen (secondary N) is 1. The lowest BCUT2D eigenvalue weighted by atomic mass is 10.1. The molecule has 0 spiro atoms. The molecule has 0 fully saturated rings. The van der Waals surface area contributed by atoms with E-state index in [2.05, 4.69) is 24.1 Å². The highest BCUT2D eigenvalue weighted by Gasteiger charge is 2.22. The van der Waals surface area contributed by atoms with E-state index in [9.17, 15) is 4.39 Å². The molecule has 0 aliphatic carbocycles. The summed E-state index contributed by atoms with van der Waals surface area (Å²) in [5, 5.41) is 3.23. The fourth-order valence-corrected chi connectivity index (χ4v) is 1.57. The van der Waals surface area contributed by atoms with Gasteiger partial charge in [-0.15, -0.1) is 0 Å². The first kappa shape index (κ1) is 17.9. The van der Waals surface area contributed by atoms with Crippen LogP contribution in [-0.2, 0) is 6.54 Å². The van der Waals surface area contributed by atoms with Crippen LogP contribution in [0.5, 0.6) is 5.88 Å². The summed E-state index contributed by atoms with van der Waals surface area (Å²) in [6.07, 6.45) is 1.59. The highest BCUT2D eigenvalue weighted by molar-refractivity contribution is 5.23. The van der Waals surface area contributed by atoms with Crippen molar-refractivity contribution < 1.29 is 9.13 Å². The van der Waals surface area contributed by atoms with Crippen molar-refractivity contribution in [2.75, 3.05) is 27.2 Å². The number of rotatable bonds is 8. The topological polar surface area (TPSA) is 37.4 Å². The molecule has 5 heteroatoms. The summed E-state index contributed by atoms with van der Waals surface area (Å²) in [5.74, 6) is 0.239. The molecule has 4 nitrogen and oxygen atoms in total. The van der Waals surface area contributed by atoms with Crippen LogP contribution in [0.2, 0.25) is 0 Å². The lowest BCUT2D eigenvalue weighted by Crippen LogP contribution is -2.43. The van der Waals surface area contributed by atoms with Crippen molar-refractivity contribution >= 4 is 0 Å². The van der Waals surface area contributed by atoms with E-state index in [0.29, 0.717) is 24.6 Å². The Bertz CT molecular complexity index is 447. The Morgan fingerprint density at radius 1 is 1.38 bits per heavy atom. The lowest BCUT2D eigenvalue weighted by Gasteiger charge is -2.31. The molecular formula is C16H28FN3O. The van der Waals surface area contributed by atoms with E-state index in [1.165, 1.54) is 0 Å². The minimum absolute atomic E-state index is 0.0776. The Hall–Kier alpha value is -1.20. The van der Waals surface area contributed by atoms with Crippen LogP contribution in [-0.4, -0.2) is 42.7 Å². The molecular weight excluding hydrogens is 269 g/mol. The van der Waals surface area contributed by atoms with Crippen LogP contribution < -0.4 is 10.1 Å². The minimum Gasteiger partial charge on any atom is -0.474 e. The second-order valence-electron chi connectivity index (χ2n) is 6.61. The molecule has 0 aliphatic rings. The third-order valence-electron chi connectivity index (χ3n) is 3.58. The van der Waals surface area contributed by atoms with Gasteiger partial charge in [-0.1, -0.05) is 13.8 Å². The highest BCUT2D eigenvalue weighted by Crippen LogP contribution is 2.19. The van der Waals surface area contributed by atoms with Crippen molar-refractivity contribution in [2.45, 2.75) is 39.8 Å². The van der Waals surface area contributed by atoms with Crippen LogP contribution in [0, 0.1) is 11.7 Å². The summed E-state index contributed by atoms with van der Waals surface area (Å²) < 4.78 is 19.9. The fourth-order valence-electron chi connectivity index (χ4n) is 1.57. The lowest BCUT2D eigenvalue weighted by molar-refractivity contribution is 0.108. The van der Waals surface area contributed by atoms with E-state index in [4.69, 9.17) is 4.74 Å². The predicted molar refractivity (Wildman–Crippen MR) is 84.0 cm³/mol. The van der Waals surface area contributed by atoms with E-state index >= 15 is 0 Å². The molecule has 1 aromatic heterocycles. The summed E-state index contributed by atoms with van der Waals surface area (Å²) in [6, 6.07) is 1.69. The van der Waals surface area contributed by atoms with Crippen molar-refractivity contribution in [1.29, 1.82) is 0 Å². The van der Waals surface area contributed by atoms with E-state index < -0.39 is 0 Å². The summed E-state index contributed by atoms with van der Waals surface area (Å²) in [4.78, 5) is 6.04. The van der Waals surface area contributed by atoms with Gasteiger partial charge in [0.15, 0.2) is 5.82 Å². The first-order chi connectivity index (χ1) is 9.74. The van der Waals surface area contributed by atoms with Crippen LogP contribution >= 0.6 is 0 Å². The van der Waals surface area contributed by atoms with Gasteiger partial charge in [0.1, 0.15) is 6.61 Å². The van der Waals surface area contributed by atoms with Gasteiger partial charge in [-0.3, -0.25) is 0 Å². The van der Waals surface area contributed by atoms with Crippen LogP contribution in [0.15, 0.2) is 12.3 Å². The molecule has 0 amide bonds. The molecule has 120 valence electrons. The molecule has 0 bridgehead atoms. The van der Waals surface area contributed by atoms with E-state index in [-0.39, 0.29) is 17.2 Å². The number of likely N-dealkylation sites (N-methyl/N-ethyl adjacent to an activating group) is 1. The number of hydrogen-bond donors (Lipinski definition) is 1. The average Bonchev–Trinajstić information content (AvgIpc) is 2.38. The van der Waals surface area contributed by atoms with Gasteiger partial charge in [0.2, 0.25) is 0 Å². The quantitative estimate of drug-likeness (QED) is 0.800. The molecule has 0 aliphatic heterocycles. The zero-order valence-electron chi connectivity index (χ0n) is 14.0.